The summed E-state index contributed by atoms with van der Waals surface area (Å²) in [6, 6.07) is 22.6. The average Bonchev–Trinajstić information content (AvgIpc) is 2.89. The summed E-state index contributed by atoms with van der Waals surface area (Å²) < 4.78 is 31.9. The summed E-state index contributed by atoms with van der Waals surface area (Å²) in [5.41, 5.74) is 3.07. The molecule has 0 aliphatic heterocycles. The lowest BCUT2D eigenvalue weighted by molar-refractivity contribution is -0.140. The molecule has 0 aliphatic rings. The summed E-state index contributed by atoms with van der Waals surface area (Å²) >= 11 is 0. The van der Waals surface area contributed by atoms with Gasteiger partial charge in [0.15, 0.2) is 0 Å². The van der Waals surface area contributed by atoms with Gasteiger partial charge in [0.1, 0.15) is 18.3 Å². The Hall–Kier alpha value is -3.85. The molecule has 0 aliphatic carbocycles. The number of methoxy groups -OCH3 is 1. The smallest absolute Gasteiger partial charge is 0.244 e. The Morgan fingerprint density at radius 2 is 1.56 bits per heavy atom. The lowest BCUT2D eigenvalue weighted by Crippen LogP contribution is -2.54. The number of nitrogens with zero attached hydrogens (tertiary/aromatic N) is 2. The molecule has 8 nitrogen and oxygen atoms in total. The summed E-state index contributed by atoms with van der Waals surface area (Å²) in [5.74, 6) is -0.226. The molecule has 1 N–H and O–H groups in total. The number of amides is 2. The molecular weight excluding hydrogens is 514 g/mol. The van der Waals surface area contributed by atoms with Crippen LogP contribution in [0.25, 0.3) is 0 Å². The van der Waals surface area contributed by atoms with Crippen LogP contribution >= 0.6 is 0 Å². The quantitative estimate of drug-likeness (QED) is 0.368. The standard InChI is InChI=1S/C30H37N3O5S/c1-22(2)31-30(35)28(19-24-11-7-6-8-12-24)32(20-25-13-9-10-23(3)18-25)29(34)21-33(39(5,36)37)26-14-16-27(38-4)17-15-26/h6-18,22,28H,19-21H2,1-5H3,(H,31,35). The van der Waals surface area contributed by atoms with Gasteiger partial charge in [-0.05, 0) is 56.2 Å². The average molecular weight is 552 g/mol. The molecule has 3 rings (SSSR count). The minimum atomic E-state index is -3.83. The minimum absolute atomic E-state index is 0.140. The number of carbonyl (C=O) groups is 2. The van der Waals surface area contributed by atoms with E-state index in [2.05, 4.69) is 5.32 Å². The van der Waals surface area contributed by atoms with Crippen LogP contribution in [0.1, 0.15) is 30.5 Å². The van der Waals surface area contributed by atoms with E-state index in [4.69, 9.17) is 4.74 Å². The van der Waals surface area contributed by atoms with E-state index in [9.17, 15) is 18.0 Å². The zero-order valence-corrected chi connectivity index (χ0v) is 23.9. The maximum Gasteiger partial charge on any atom is 0.244 e. The number of anilines is 1. The Labute approximate surface area is 231 Å². The van der Waals surface area contributed by atoms with Crippen LogP contribution in [0.3, 0.4) is 0 Å². The van der Waals surface area contributed by atoms with E-state index in [0.717, 1.165) is 27.3 Å². The van der Waals surface area contributed by atoms with Gasteiger partial charge in [-0.2, -0.15) is 0 Å². The largest absolute Gasteiger partial charge is 0.497 e. The highest BCUT2D eigenvalue weighted by Crippen LogP contribution is 2.23. The van der Waals surface area contributed by atoms with Crippen molar-refractivity contribution in [1.29, 1.82) is 0 Å². The Balaban J connectivity index is 2.04. The fourth-order valence-corrected chi connectivity index (χ4v) is 5.15. The SMILES string of the molecule is COc1ccc(N(CC(=O)N(Cc2cccc(C)c2)C(Cc2ccccc2)C(=O)NC(C)C)S(C)(=O)=O)cc1. The van der Waals surface area contributed by atoms with E-state index in [-0.39, 0.29) is 24.9 Å². The van der Waals surface area contributed by atoms with Crippen molar-refractivity contribution in [3.05, 3.63) is 95.6 Å². The van der Waals surface area contributed by atoms with Crippen molar-refractivity contribution in [3.63, 3.8) is 0 Å². The first kappa shape index (κ1) is 29.7. The van der Waals surface area contributed by atoms with Gasteiger partial charge in [-0.3, -0.25) is 13.9 Å². The van der Waals surface area contributed by atoms with Gasteiger partial charge in [0.05, 0.1) is 19.1 Å². The van der Waals surface area contributed by atoms with E-state index in [0.29, 0.717) is 11.4 Å². The second kappa shape index (κ2) is 13.3. The summed E-state index contributed by atoms with van der Waals surface area (Å²) in [6.45, 7) is 5.36. The summed E-state index contributed by atoms with van der Waals surface area (Å²) in [5, 5.41) is 2.94. The van der Waals surface area contributed by atoms with Crippen molar-refractivity contribution in [2.45, 2.75) is 45.8 Å². The number of sulfonamides is 1. The van der Waals surface area contributed by atoms with Gasteiger partial charge < -0.3 is 15.0 Å². The molecular formula is C30H37N3O5S. The molecule has 0 saturated heterocycles. The number of ether oxygens (including phenoxy) is 1. The van der Waals surface area contributed by atoms with Crippen molar-refractivity contribution in [2.24, 2.45) is 0 Å². The normalized spacial score (nSPS) is 12.1. The van der Waals surface area contributed by atoms with Crippen molar-refractivity contribution >= 4 is 27.5 Å². The first-order valence-electron chi connectivity index (χ1n) is 12.8. The second-order valence-electron chi connectivity index (χ2n) is 9.85. The molecule has 0 radical (unpaired) electrons. The van der Waals surface area contributed by atoms with Gasteiger partial charge in [0.25, 0.3) is 0 Å². The Morgan fingerprint density at radius 3 is 2.13 bits per heavy atom. The zero-order chi connectivity index (χ0) is 28.6. The summed E-state index contributed by atoms with van der Waals surface area (Å²) in [6.07, 6.45) is 1.33. The summed E-state index contributed by atoms with van der Waals surface area (Å²) in [7, 11) is -2.31. The van der Waals surface area contributed by atoms with Gasteiger partial charge in [0.2, 0.25) is 21.8 Å². The third kappa shape index (κ3) is 8.58. The number of carbonyl (C=O) groups excluding carboxylic acids is 2. The molecule has 0 heterocycles. The molecule has 1 atom stereocenters. The number of rotatable bonds is 12. The number of aryl methyl sites for hydroxylation is 1. The Kier molecular flexibility index (Phi) is 10.1. The van der Waals surface area contributed by atoms with Crippen LogP contribution in [-0.4, -0.2) is 57.1 Å². The molecule has 1 unspecified atom stereocenters. The predicted octanol–water partition coefficient (Wildman–Crippen LogP) is 3.93. The molecule has 0 fully saturated rings. The van der Waals surface area contributed by atoms with Crippen molar-refractivity contribution in [1.82, 2.24) is 10.2 Å². The van der Waals surface area contributed by atoms with E-state index >= 15 is 0 Å². The maximum atomic E-state index is 14.0. The summed E-state index contributed by atoms with van der Waals surface area (Å²) in [4.78, 5) is 29.0. The van der Waals surface area contributed by atoms with Gasteiger partial charge in [0, 0.05) is 19.0 Å². The van der Waals surface area contributed by atoms with E-state index in [1.165, 1.54) is 12.0 Å². The third-order valence-corrected chi connectivity index (χ3v) is 7.32. The monoisotopic (exact) mass is 551 g/mol. The number of hydrogen-bond donors (Lipinski definition) is 1. The van der Waals surface area contributed by atoms with Gasteiger partial charge in [-0.1, -0.05) is 60.2 Å². The molecule has 0 bridgehead atoms. The van der Waals surface area contributed by atoms with Crippen LogP contribution in [0.2, 0.25) is 0 Å². The molecule has 2 amide bonds. The van der Waals surface area contributed by atoms with Crippen LogP contribution in [0.4, 0.5) is 5.69 Å². The van der Waals surface area contributed by atoms with Crippen LogP contribution in [0.5, 0.6) is 5.75 Å². The van der Waals surface area contributed by atoms with Crippen LogP contribution in [0, 0.1) is 6.92 Å². The van der Waals surface area contributed by atoms with Crippen molar-refractivity contribution in [3.8, 4) is 5.75 Å². The molecule has 3 aromatic rings. The van der Waals surface area contributed by atoms with Crippen LogP contribution in [-0.2, 0) is 32.6 Å². The highest BCUT2D eigenvalue weighted by Gasteiger charge is 2.33. The highest BCUT2D eigenvalue weighted by molar-refractivity contribution is 7.92. The number of hydrogen-bond acceptors (Lipinski definition) is 5. The minimum Gasteiger partial charge on any atom is -0.497 e. The van der Waals surface area contributed by atoms with E-state index in [1.807, 2.05) is 75.4 Å². The lowest BCUT2D eigenvalue weighted by Gasteiger charge is -2.34. The van der Waals surface area contributed by atoms with Crippen molar-refractivity contribution in [2.75, 3.05) is 24.2 Å². The fourth-order valence-electron chi connectivity index (χ4n) is 4.30. The molecule has 0 saturated carbocycles. The van der Waals surface area contributed by atoms with E-state index < -0.39 is 28.5 Å². The zero-order valence-electron chi connectivity index (χ0n) is 23.1. The third-order valence-electron chi connectivity index (χ3n) is 6.18. The highest BCUT2D eigenvalue weighted by atomic mass is 32.2. The van der Waals surface area contributed by atoms with Crippen LogP contribution < -0.4 is 14.4 Å². The van der Waals surface area contributed by atoms with E-state index in [1.54, 1.807) is 24.3 Å². The topological polar surface area (TPSA) is 96.0 Å². The Morgan fingerprint density at radius 1 is 0.923 bits per heavy atom. The second-order valence-corrected chi connectivity index (χ2v) is 11.8. The molecule has 39 heavy (non-hydrogen) atoms. The molecule has 0 spiro atoms. The number of nitrogens with one attached hydrogen (secondary N) is 1. The molecule has 0 aromatic heterocycles. The first-order chi connectivity index (χ1) is 18.5. The molecule has 208 valence electrons. The van der Waals surface area contributed by atoms with Crippen LogP contribution in [0.15, 0.2) is 78.9 Å². The predicted molar refractivity (Wildman–Crippen MR) is 154 cm³/mol. The van der Waals surface area contributed by atoms with Gasteiger partial charge >= 0.3 is 0 Å². The fraction of sp³-hybridized carbons (Fsp3) is 0.333. The maximum absolute atomic E-state index is 14.0. The van der Waals surface area contributed by atoms with Gasteiger partial charge in [-0.25, -0.2) is 8.42 Å². The first-order valence-corrected chi connectivity index (χ1v) is 14.6. The number of benzene rings is 3. The molecule has 9 heteroatoms. The molecule has 3 aromatic carbocycles. The lowest BCUT2D eigenvalue weighted by atomic mass is 10.0. The Bertz CT molecular complexity index is 1360. The van der Waals surface area contributed by atoms with Crippen molar-refractivity contribution < 1.29 is 22.7 Å². The van der Waals surface area contributed by atoms with Gasteiger partial charge in [-0.15, -0.1) is 0 Å².